The number of hydrogen-bond donors (Lipinski definition) is 1. The number of benzene rings is 2. The average Bonchev–Trinajstić information content (AvgIpc) is 3.34. The van der Waals surface area contributed by atoms with Crippen LogP contribution in [0.2, 0.25) is 0 Å². The molecule has 0 bridgehead atoms. The molecule has 0 radical (unpaired) electrons. The van der Waals surface area contributed by atoms with Crippen molar-refractivity contribution >= 4 is 23.2 Å². The van der Waals surface area contributed by atoms with E-state index in [4.69, 9.17) is 9.84 Å². The number of rotatable bonds is 5. The number of aromatic carboxylic acids is 1. The van der Waals surface area contributed by atoms with Gasteiger partial charge >= 0.3 is 35.5 Å². The molecule has 1 aliphatic rings. The van der Waals surface area contributed by atoms with Crippen LogP contribution in [0.25, 0.3) is 0 Å². The summed E-state index contributed by atoms with van der Waals surface area (Å²) in [5.74, 6) is -0.128. The summed E-state index contributed by atoms with van der Waals surface area (Å²) < 4.78 is 5.57. The molecule has 156 valence electrons. The molecule has 2 heterocycles. The summed E-state index contributed by atoms with van der Waals surface area (Å²) in [5.41, 5.74) is 0.331. The second-order valence-corrected chi connectivity index (χ2v) is 7.58. The molecule has 1 aliphatic heterocycles. The number of nitrogens with zero attached hydrogens (tertiary/aromatic N) is 2. The molecule has 6 nitrogen and oxygen atoms in total. The molecule has 31 heavy (non-hydrogen) atoms. The van der Waals surface area contributed by atoms with Gasteiger partial charge in [0.05, 0.1) is 5.56 Å². The van der Waals surface area contributed by atoms with E-state index in [9.17, 15) is 9.59 Å². The molecule has 1 N–H and O–H groups in total. The summed E-state index contributed by atoms with van der Waals surface area (Å²) in [6.07, 6.45) is 5.99. The predicted octanol–water partition coefficient (Wildman–Crippen LogP) is 1.46. The van der Waals surface area contributed by atoms with Crippen LogP contribution in [0.4, 0.5) is 0 Å². The van der Waals surface area contributed by atoms with E-state index in [0.717, 1.165) is 36.6 Å². The Kier molecular flexibility index (Phi) is 10.7. The Morgan fingerprint density at radius 3 is 2.35 bits per heavy atom. The summed E-state index contributed by atoms with van der Waals surface area (Å²) in [6, 6.07) is 17.8. The molecule has 1 saturated heterocycles. The van der Waals surface area contributed by atoms with Gasteiger partial charge in [0.25, 0.3) is 5.91 Å². The smallest absolute Gasteiger partial charge is 0.484 e. The van der Waals surface area contributed by atoms with Crippen LogP contribution in [-0.2, 0) is 4.79 Å². The minimum atomic E-state index is -0.879. The Morgan fingerprint density at radius 2 is 1.77 bits per heavy atom. The molecular formula is C23H23N2NaO4S. The predicted molar refractivity (Wildman–Crippen MR) is 115 cm³/mol. The molecule has 1 aromatic heterocycles. The van der Waals surface area contributed by atoms with Crippen LogP contribution in [0.15, 0.2) is 66.0 Å². The van der Waals surface area contributed by atoms with Crippen LogP contribution in [-0.4, -0.2) is 40.0 Å². The third-order valence-corrected chi connectivity index (χ3v) is 5.47. The van der Waals surface area contributed by atoms with Gasteiger partial charge in [0.2, 0.25) is 0 Å². The number of ether oxygens (including phenoxy) is 1. The second kappa shape index (κ2) is 13.3. The van der Waals surface area contributed by atoms with Gasteiger partial charge in [-0.15, -0.1) is 6.20 Å². The number of likely N-dealkylation sites (tertiary alicyclic amines) is 1. The molecule has 1 fully saturated rings. The van der Waals surface area contributed by atoms with E-state index in [2.05, 4.69) is 11.2 Å². The number of amides is 1. The monoisotopic (exact) mass is 446 g/mol. The van der Waals surface area contributed by atoms with E-state index < -0.39 is 5.97 Å². The van der Waals surface area contributed by atoms with Crippen LogP contribution in [0, 0.1) is 6.20 Å². The van der Waals surface area contributed by atoms with Crippen LogP contribution >= 0.6 is 11.3 Å². The number of carbonyl (C=O) groups is 2. The summed E-state index contributed by atoms with van der Waals surface area (Å²) in [7, 11) is 0. The maximum atomic E-state index is 12.4. The Morgan fingerprint density at radius 1 is 1.10 bits per heavy atom. The fourth-order valence-electron chi connectivity index (χ4n) is 3.17. The topological polar surface area (TPSA) is 79.7 Å². The van der Waals surface area contributed by atoms with Crippen LogP contribution in [0.5, 0.6) is 5.75 Å². The molecule has 8 heteroatoms. The van der Waals surface area contributed by atoms with Gasteiger partial charge < -0.3 is 19.7 Å². The molecule has 0 spiro atoms. The minimum absolute atomic E-state index is 0. The number of carboxylic acids is 1. The third kappa shape index (κ3) is 7.78. The summed E-state index contributed by atoms with van der Waals surface area (Å²) in [4.78, 5) is 28.8. The SMILES string of the molecule is O=C(COc1ccccc1)N1CCCCC1c1n[c-]cs1.O=C(O)c1ccccc1.[Na+]. The standard InChI is InChI=1S/C16H17N2O2S.C7H6O2.Na/c19-15(12-20-13-6-2-1-3-7-13)18-10-5-4-8-14(18)16-17-9-11-21-16;8-7(9)6-4-2-1-3-5-6;/h1-3,6-7,11,14H,4-5,8,10,12H2;1-5H,(H,8,9);/q-1;;+1. The molecule has 3 aromatic rings. The van der Waals surface area contributed by atoms with Gasteiger partial charge in [-0.1, -0.05) is 48.2 Å². The summed E-state index contributed by atoms with van der Waals surface area (Å²) in [6.45, 7) is 0.858. The molecule has 2 aromatic carbocycles. The van der Waals surface area contributed by atoms with Crippen molar-refractivity contribution in [3.63, 3.8) is 0 Å². The van der Waals surface area contributed by atoms with E-state index >= 15 is 0 Å². The van der Waals surface area contributed by atoms with Crippen molar-refractivity contribution in [2.45, 2.75) is 25.3 Å². The van der Waals surface area contributed by atoms with Crippen molar-refractivity contribution in [2.75, 3.05) is 13.2 Å². The zero-order valence-corrected chi connectivity index (χ0v) is 20.3. The first-order valence-electron chi connectivity index (χ1n) is 9.72. The maximum absolute atomic E-state index is 12.4. The van der Waals surface area contributed by atoms with Crippen molar-refractivity contribution in [1.29, 1.82) is 0 Å². The van der Waals surface area contributed by atoms with E-state index in [1.165, 1.54) is 0 Å². The molecular weight excluding hydrogens is 423 g/mol. The fraction of sp³-hybridized carbons (Fsp3) is 0.261. The normalized spacial score (nSPS) is 15.1. The van der Waals surface area contributed by atoms with Crippen LogP contribution in [0.1, 0.15) is 40.7 Å². The van der Waals surface area contributed by atoms with Crippen molar-refractivity contribution in [2.24, 2.45) is 0 Å². The first kappa shape index (κ1) is 25.1. The minimum Gasteiger partial charge on any atom is -0.484 e. The van der Waals surface area contributed by atoms with E-state index in [0.29, 0.717) is 5.56 Å². The van der Waals surface area contributed by atoms with E-state index in [-0.39, 0.29) is 48.1 Å². The number of carboxylic acid groups (broad SMARTS) is 1. The Labute approximate surface area is 208 Å². The summed E-state index contributed by atoms with van der Waals surface area (Å²) in [5, 5.41) is 11.2. The number of aromatic nitrogens is 1. The van der Waals surface area contributed by atoms with Crippen LogP contribution < -0.4 is 34.3 Å². The maximum Gasteiger partial charge on any atom is 1.00 e. The number of piperidine rings is 1. The number of para-hydroxylation sites is 1. The molecule has 1 amide bonds. The zero-order valence-electron chi connectivity index (χ0n) is 17.4. The van der Waals surface area contributed by atoms with E-state index in [1.54, 1.807) is 41.7 Å². The van der Waals surface area contributed by atoms with Gasteiger partial charge in [-0.05, 0) is 42.1 Å². The number of hydrogen-bond acceptors (Lipinski definition) is 5. The molecule has 4 rings (SSSR count). The Balaban J connectivity index is 0.000000289. The van der Waals surface area contributed by atoms with Gasteiger partial charge in [-0.3, -0.25) is 4.79 Å². The van der Waals surface area contributed by atoms with Gasteiger partial charge in [0.15, 0.2) is 6.61 Å². The summed E-state index contributed by atoms with van der Waals surface area (Å²) >= 11 is 1.56. The zero-order chi connectivity index (χ0) is 21.2. The van der Waals surface area contributed by atoms with Crippen LogP contribution in [0.3, 0.4) is 0 Å². The van der Waals surface area contributed by atoms with Gasteiger partial charge in [-0.25, -0.2) is 16.1 Å². The largest absolute Gasteiger partial charge is 1.00 e. The first-order valence-corrected chi connectivity index (χ1v) is 10.6. The van der Waals surface area contributed by atoms with Crippen molar-refractivity contribution < 1.29 is 49.0 Å². The quantitative estimate of drug-likeness (QED) is 0.474. The van der Waals surface area contributed by atoms with Crippen molar-refractivity contribution in [3.8, 4) is 5.75 Å². The third-order valence-electron chi connectivity index (χ3n) is 4.64. The van der Waals surface area contributed by atoms with Gasteiger partial charge in [-0.2, -0.15) is 0 Å². The van der Waals surface area contributed by atoms with Gasteiger partial charge in [0, 0.05) is 12.6 Å². The van der Waals surface area contributed by atoms with Crippen molar-refractivity contribution in [3.05, 3.63) is 82.8 Å². The molecule has 0 aliphatic carbocycles. The molecule has 0 saturated carbocycles. The molecule has 1 atom stereocenters. The number of carbonyl (C=O) groups excluding carboxylic acids is 1. The van der Waals surface area contributed by atoms with E-state index in [1.807, 2.05) is 40.6 Å². The second-order valence-electron chi connectivity index (χ2n) is 6.69. The first-order chi connectivity index (χ1) is 14.6. The number of thiazole rings is 1. The van der Waals surface area contributed by atoms with Gasteiger partial charge in [0.1, 0.15) is 5.75 Å². The fourth-order valence-corrected chi connectivity index (χ4v) is 3.90. The molecule has 1 unspecified atom stereocenters. The average molecular weight is 447 g/mol. The Bertz CT molecular complexity index is 923. The van der Waals surface area contributed by atoms with Crippen molar-refractivity contribution in [1.82, 2.24) is 9.88 Å². The Hall–Kier alpha value is -2.19.